The van der Waals surface area contributed by atoms with Gasteiger partial charge < -0.3 is 10.0 Å². The van der Waals surface area contributed by atoms with Crippen molar-refractivity contribution in [3.63, 3.8) is 0 Å². The number of rotatable bonds is 3. The van der Waals surface area contributed by atoms with Gasteiger partial charge in [0.05, 0.1) is 0 Å². The van der Waals surface area contributed by atoms with E-state index in [9.17, 15) is 14.4 Å². The maximum Gasteiger partial charge on any atom is 0.349 e. The van der Waals surface area contributed by atoms with Gasteiger partial charge in [0.2, 0.25) is 11.8 Å². The van der Waals surface area contributed by atoms with Crippen molar-refractivity contribution in [1.29, 1.82) is 0 Å². The van der Waals surface area contributed by atoms with Gasteiger partial charge in [-0.3, -0.25) is 14.9 Å². The number of aromatic carboxylic acids is 1. The first kappa shape index (κ1) is 13.8. The van der Waals surface area contributed by atoms with E-state index in [-0.39, 0.29) is 21.7 Å². The van der Waals surface area contributed by atoms with E-state index >= 15 is 0 Å². The predicted octanol–water partition coefficient (Wildman–Crippen LogP) is 0.736. The molecule has 0 radical (unpaired) electrons. The topological polar surface area (TPSA) is 99.6 Å². The molecule has 2 heterocycles. The van der Waals surface area contributed by atoms with Gasteiger partial charge in [0.15, 0.2) is 15.2 Å². The Morgan fingerprint density at radius 1 is 1.63 bits per heavy atom. The first-order valence-electron chi connectivity index (χ1n) is 5.44. The molecule has 1 aliphatic heterocycles. The average molecular weight is 304 g/mol. The zero-order chi connectivity index (χ0) is 14.2. The third-order valence-corrected chi connectivity index (χ3v) is 4.12. The van der Waals surface area contributed by atoms with Crippen molar-refractivity contribution in [1.82, 2.24) is 10.3 Å². The number of carboxylic acid groups (broad SMARTS) is 1. The highest BCUT2D eigenvalue weighted by Gasteiger charge is 2.35. The van der Waals surface area contributed by atoms with Gasteiger partial charge in [-0.25, -0.2) is 9.78 Å². The molecule has 1 saturated heterocycles. The highest BCUT2D eigenvalue weighted by Crippen LogP contribution is 2.31. The Labute approximate surface area is 117 Å². The second-order valence-corrected chi connectivity index (χ2v) is 5.22. The summed E-state index contributed by atoms with van der Waals surface area (Å²) in [5, 5.41) is 11.3. The number of hydrogen-bond acceptors (Lipinski definition) is 6. The van der Waals surface area contributed by atoms with Gasteiger partial charge in [-0.15, -0.1) is 0 Å². The molecule has 1 aromatic rings. The number of carbonyl (C=O) groups is 3. The van der Waals surface area contributed by atoms with Crippen LogP contribution in [-0.4, -0.2) is 40.5 Å². The number of halogens is 1. The lowest BCUT2D eigenvalue weighted by Crippen LogP contribution is -2.58. The SMILES string of the molecule is CCC1C(=O)NC(=O)CN1c1nc(Cl)c(C(=O)O)s1. The zero-order valence-electron chi connectivity index (χ0n) is 9.84. The van der Waals surface area contributed by atoms with Crippen LogP contribution in [0.2, 0.25) is 5.15 Å². The quantitative estimate of drug-likeness (QED) is 0.799. The minimum Gasteiger partial charge on any atom is -0.477 e. The van der Waals surface area contributed by atoms with E-state index in [0.29, 0.717) is 6.42 Å². The van der Waals surface area contributed by atoms with Gasteiger partial charge >= 0.3 is 5.97 Å². The molecule has 19 heavy (non-hydrogen) atoms. The van der Waals surface area contributed by atoms with Crippen molar-refractivity contribution >= 4 is 45.9 Å². The molecular formula is C10H10ClN3O4S. The number of aromatic nitrogens is 1. The minimum atomic E-state index is -1.19. The van der Waals surface area contributed by atoms with Crippen LogP contribution in [0.5, 0.6) is 0 Å². The van der Waals surface area contributed by atoms with Crippen LogP contribution in [0.25, 0.3) is 0 Å². The lowest BCUT2D eigenvalue weighted by molar-refractivity contribution is -0.132. The van der Waals surface area contributed by atoms with E-state index < -0.39 is 23.8 Å². The van der Waals surface area contributed by atoms with Gasteiger partial charge in [0.1, 0.15) is 12.6 Å². The third-order valence-electron chi connectivity index (χ3n) is 2.66. The fraction of sp³-hybridized carbons (Fsp3) is 0.400. The Hall–Kier alpha value is -1.67. The molecule has 2 amide bonds. The van der Waals surface area contributed by atoms with Gasteiger partial charge in [-0.05, 0) is 6.42 Å². The molecule has 0 bridgehead atoms. The molecular weight excluding hydrogens is 294 g/mol. The van der Waals surface area contributed by atoms with E-state index in [4.69, 9.17) is 16.7 Å². The van der Waals surface area contributed by atoms with Gasteiger partial charge in [-0.1, -0.05) is 29.9 Å². The fourth-order valence-corrected chi connectivity index (χ4v) is 2.99. The Morgan fingerprint density at radius 3 is 2.84 bits per heavy atom. The maximum atomic E-state index is 11.7. The molecule has 1 fully saturated rings. The van der Waals surface area contributed by atoms with Crippen LogP contribution in [-0.2, 0) is 9.59 Å². The Balaban J connectivity index is 2.38. The number of imide groups is 1. The third kappa shape index (κ3) is 2.54. The molecule has 0 aliphatic carbocycles. The number of thiazole rings is 1. The lowest BCUT2D eigenvalue weighted by atomic mass is 10.1. The van der Waals surface area contributed by atoms with E-state index in [1.165, 1.54) is 4.90 Å². The maximum absolute atomic E-state index is 11.7. The van der Waals surface area contributed by atoms with Crippen LogP contribution >= 0.6 is 22.9 Å². The number of nitrogens with zero attached hydrogens (tertiary/aromatic N) is 2. The van der Waals surface area contributed by atoms with Crippen LogP contribution in [0.1, 0.15) is 23.0 Å². The van der Waals surface area contributed by atoms with Gasteiger partial charge in [0.25, 0.3) is 0 Å². The average Bonchev–Trinajstić information content (AvgIpc) is 2.70. The number of anilines is 1. The summed E-state index contributed by atoms with van der Waals surface area (Å²) in [6.07, 6.45) is 0.471. The van der Waals surface area contributed by atoms with E-state index in [1.807, 2.05) is 0 Å². The number of nitrogens with one attached hydrogen (secondary N) is 1. The highest BCUT2D eigenvalue weighted by molar-refractivity contribution is 7.18. The molecule has 0 spiro atoms. The summed E-state index contributed by atoms with van der Waals surface area (Å²) in [5.74, 6) is -2.05. The van der Waals surface area contributed by atoms with E-state index in [0.717, 1.165) is 11.3 Å². The second kappa shape index (κ2) is 5.14. The Bertz CT molecular complexity index is 559. The number of carboxylic acids is 1. The molecule has 1 unspecified atom stereocenters. The van der Waals surface area contributed by atoms with Gasteiger partial charge in [0, 0.05) is 0 Å². The fourth-order valence-electron chi connectivity index (χ4n) is 1.82. The summed E-state index contributed by atoms with van der Waals surface area (Å²) in [6.45, 7) is 1.74. The van der Waals surface area contributed by atoms with Crippen molar-refractivity contribution in [3.05, 3.63) is 10.0 Å². The molecule has 102 valence electrons. The van der Waals surface area contributed by atoms with Crippen molar-refractivity contribution in [2.75, 3.05) is 11.4 Å². The lowest BCUT2D eigenvalue weighted by Gasteiger charge is -2.32. The molecule has 7 nitrogen and oxygen atoms in total. The second-order valence-electron chi connectivity index (χ2n) is 3.89. The number of amides is 2. The van der Waals surface area contributed by atoms with Crippen LogP contribution in [0.4, 0.5) is 5.13 Å². The summed E-state index contributed by atoms with van der Waals surface area (Å²) in [5.41, 5.74) is 0. The molecule has 1 atom stereocenters. The van der Waals surface area contributed by atoms with Crippen LogP contribution < -0.4 is 10.2 Å². The van der Waals surface area contributed by atoms with Gasteiger partial charge in [-0.2, -0.15) is 0 Å². The molecule has 1 aromatic heterocycles. The van der Waals surface area contributed by atoms with Crippen LogP contribution in [0, 0.1) is 0 Å². The normalized spacial score (nSPS) is 19.5. The molecule has 0 aromatic carbocycles. The number of carbonyl (C=O) groups excluding carboxylic acids is 2. The highest BCUT2D eigenvalue weighted by atomic mass is 35.5. The Morgan fingerprint density at radius 2 is 2.32 bits per heavy atom. The molecule has 2 rings (SSSR count). The van der Waals surface area contributed by atoms with E-state index in [1.54, 1.807) is 6.92 Å². The van der Waals surface area contributed by atoms with Crippen molar-refractivity contribution in [2.45, 2.75) is 19.4 Å². The zero-order valence-corrected chi connectivity index (χ0v) is 11.4. The molecule has 2 N–H and O–H groups in total. The molecule has 0 saturated carbocycles. The van der Waals surface area contributed by atoms with Crippen molar-refractivity contribution < 1.29 is 19.5 Å². The molecule has 9 heteroatoms. The predicted molar refractivity (Wildman–Crippen MR) is 68.7 cm³/mol. The summed E-state index contributed by atoms with van der Waals surface area (Å²) in [6, 6.07) is -0.554. The standard InChI is InChI=1S/C10H10ClN3O4S/c1-2-4-8(16)12-5(15)3-14(4)10-13-7(11)6(19-10)9(17)18/h4H,2-3H2,1H3,(H,17,18)(H,12,15,16). The minimum absolute atomic E-state index is 0.0485. The first-order valence-corrected chi connectivity index (χ1v) is 6.63. The molecule has 1 aliphatic rings. The smallest absolute Gasteiger partial charge is 0.349 e. The van der Waals surface area contributed by atoms with E-state index in [2.05, 4.69) is 10.3 Å². The largest absolute Gasteiger partial charge is 0.477 e. The summed E-state index contributed by atoms with van der Waals surface area (Å²) in [4.78, 5) is 39.3. The number of piperazine rings is 1. The monoisotopic (exact) mass is 303 g/mol. The summed E-state index contributed by atoms with van der Waals surface area (Å²) >= 11 is 6.58. The van der Waals surface area contributed by atoms with Crippen molar-refractivity contribution in [2.24, 2.45) is 0 Å². The summed E-state index contributed by atoms with van der Waals surface area (Å²) < 4.78 is 0. The first-order chi connectivity index (χ1) is 8.93. The van der Waals surface area contributed by atoms with Crippen LogP contribution in [0.15, 0.2) is 0 Å². The van der Waals surface area contributed by atoms with Crippen molar-refractivity contribution in [3.8, 4) is 0 Å². The Kier molecular flexibility index (Phi) is 3.72. The summed E-state index contributed by atoms with van der Waals surface area (Å²) in [7, 11) is 0. The number of hydrogen-bond donors (Lipinski definition) is 2. The van der Waals surface area contributed by atoms with Crippen LogP contribution in [0.3, 0.4) is 0 Å².